The van der Waals surface area contributed by atoms with E-state index >= 15 is 0 Å². The van der Waals surface area contributed by atoms with Gasteiger partial charge in [0.1, 0.15) is 5.78 Å². The van der Waals surface area contributed by atoms with Crippen LogP contribution in [-0.2, 0) is 4.79 Å². The van der Waals surface area contributed by atoms with Gasteiger partial charge in [0.15, 0.2) is 11.5 Å². The topological polar surface area (TPSA) is 35.5 Å². The maximum Gasteiger partial charge on any atom is 0.160 e. The highest BCUT2D eigenvalue weighted by Crippen LogP contribution is 2.45. The molecule has 130 valence electrons. The van der Waals surface area contributed by atoms with Gasteiger partial charge in [0.25, 0.3) is 0 Å². The van der Waals surface area contributed by atoms with Crippen molar-refractivity contribution in [3.63, 3.8) is 0 Å². The zero-order valence-corrected chi connectivity index (χ0v) is 16.2. The smallest absolute Gasteiger partial charge is 0.160 e. The lowest BCUT2D eigenvalue weighted by Gasteiger charge is -2.19. The van der Waals surface area contributed by atoms with Crippen LogP contribution >= 0.6 is 15.9 Å². The van der Waals surface area contributed by atoms with Crippen molar-refractivity contribution in [1.29, 1.82) is 0 Å². The normalized spacial score (nSPS) is 19.4. The molecule has 0 spiro atoms. The zero-order chi connectivity index (χ0) is 18.0. The maximum absolute atomic E-state index is 12.2. The minimum Gasteiger partial charge on any atom is -0.493 e. The lowest BCUT2D eigenvalue weighted by Crippen LogP contribution is -2.14. The number of benzene rings is 2. The van der Waals surface area contributed by atoms with E-state index in [-0.39, 0.29) is 17.6 Å². The van der Waals surface area contributed by atoms with Crippen molar-refractivity contribution in [3.05, 3.63) is 64.1 Å². The van der Waals surface area contributed by atoms with Crippen LogP contribution in [0.25, 0.3) is 5.57 Å². The highest BCUT2D eigenvalue weighted by atomic mass is 79.9. The molecule has 2 aromatic carbocycles. The molecule has 0 heterocycles. The van der Waals surface area contributed by atoms with E-state index in [1.54, 1.807) is 21.1 Å². The first-order chi connectivity index (χ1) is 12.0. The van der Waals surface area contributed by atoms with Crippen molar-refractivity contribution in [2.24, 2.45) is 5.92 Å². The minimum atomic E-state index is -0.114. The van der Waals surface area contributed by atoms with E-state index < -0.39 is 0 Å². The lowest BCUT2D eigenvalue weighted by atomic mass is 9.85. The van der Waals surface area contributed by atoms with Crippen molar-refractivity contribution in [2.45, 2.75) is 19.3 Å². The predicted molar refractivity (Wildman–Crippen MR) is 103 cm³/mol. The average Bonchev–Trinajstić information content (AvgIpc) is 3.07. The van der Waals surface area contributed by atoms with Crippen molar-refractivity contribution in [2.75, 3.05) is 14.2 Å². The monoisotopic (exact) mass is 400 g/mol. The zero-order valence-electron chi connectivity index (χ0n) is 14.6. The Labute approximate surface area is 156 Å². The van der Waals surface area contributed by atoms with E-state index in [0.29, 0.717) is 11.5 Å². The molecular formula is C21H21BrO3. The van der Waals surface area contributed by atoms with Crippen LogP contribution in [0, 0.1) is 5.92 Å². The van der Waals surface area contributed by atoms with Crippen LogP contribution in [0.15, 0.2) is 53.0 Å². The van der Waals surface area contributed by atoms with Crippen molar-refractivity contribution >= 4 is 27.3 Å². The summed E-state index contributed by atoms with van der Waals surface area (Å²) in [7, 11) is 3.25. The average molecular weight is 401 g/mol. The molecule has 0 fully saturated rings. The summed E-state index contributed by atoms with van der Waals surface area (Å²) in [6.07, 6.45) is 2.95. The lowest BCUT2D eigenvalue weighted by molar-refractivity contribution is -0.119. The van der Waals surface area contributed by atoms with Crippen LogP contribution in [-0.4, -0.2) is 20.0 Å². The SMILES string of the molecule is COc1ccc([C@@H]2CC(c3ccc(Br)cc3)=CC2C(C)=O)cc1OC. The third-order valence-corrected chi connectivity index (χ3v) is 5.30. The Hall–Kier alpha value is -2.07. The number of halogens is 1. The van der Waals surface area contributed by atoms with Gasteiger partial charge in [-0.05, 0) is 54.3 Å². The molecule has 0 saturated carbocycles. The Morgan fingerprint density at radius 3 is 2.32 bits per heavy atom. The molecule has 1 aliphatic carbocycles. The number of carbonyl (C=O) groups is 1. The molecule has 0 radical (unpaired) electrons. The van der Waals surface area contributed by atoms with Gasteiger partial charge >= 0.3 is 0 Å². The Kier molecular flexibility index (Phi) is 5.28. The summed E-state index contributed by atoms with van der Waals surface area (Å²) >= 11 is 3.47. The molecule has 0 amide bonds. The van der Waals surface area contributed by atoms with Gasteiger partial charge in [0.2, 0.25) is 0 Å². The molecule has 1 unspecified atom stereocenters. The Morgan fingerprint density at radius 2 is 1.72 bits per heavy atom. The van der Waals surface area contributed by atoms with Crippen molar-refractivity contribution < 1.29 is 14.3 Å². The fraction of sp³-hybridized carbons (Fsp3) is 0.286. The van der Waals surface area contributed by atoms with Gasteiger partial charge in [-0.3, -0.25) is 4.79 Å². The largest absolute Gasteiger partial charge is 0.493 e. The highest BCUT2D eigenvalue weighted by molar-refractivity contribution is 9.10. The quantitative estimate of drug-likeness (QED) is 0.687. The van der Waals surface area contributed by atoms with E-state index in [9.17, 15) is 4.79 Å². The Balaban J connectivity index is 1.94. The van der Waals surface area contributed by atoms with Gasteiger partial charge < -0.3 is 9.47 Å². The first-order valence-electron chi connectivity index (χ1n) is 8.22. The molecule has 0 N–H and O–H groups in total. The molecule has 0 bridgehead atoms. The maximum atomic E-state index is 12.2. The third kappa shape index (κ3) is 3.64. The predicted octanol–water partition coefficient (Wildman–Crippen LogP) is 5.24. The second kappa shape index (κ2) is 7.44. The summed E-state index contributed by atoms with van der Waals surface area (Å²) in [5, 5.41) is 0. The van der Waals surface area contributed by atoms with Gasteiger partial charge in [0.05, 0.1) is 14.2 Å². The summed E-state index contributed by atoms with van der Waals surface area (Å²) in [5.41, 5.74) is 3.48. The van der Waals surface area contributed by atoms with Crippen LogP contribution in [0.1, 0.15) is 30.4 Å². The second-order valence-corrected chi connectivity index (χ2v) is 7.18. The molecule has 25 heavy (non-hydrogen) atoms. The number of allylic oxidation sites excluding steroid dienone is 2. The molecule has 0 aromatic heterocycles. The number of methoxy groups -OCH3 is 2. The molecular weight excluding hydrogens is 380 g/mol. The number of hydrogen-bond acceptors (Lipinski definition) is 3. The van der Waals surface area contributed by atoms with Crippen LogP contribution in [0.5, 0.6) is 11.5 Å². The van der Waals surface area contributed by atoms with Crippen molar-refractivity contribution in [1.82, 2.24) is 0 Å². The Bertz CT molecular complexity index is 808. The fourth-order valence-corrected chi connectivity index (χ4v) is 3.72. The standard InChI is InChI=1S/C21H21BrO3/c1-13(23)18-10-16(14-4-7-17(22)8-5-14)11-19(18)15-6-9-20(24-2)21(12-15)25-3/h4-10,12,18-19H,11H2,1-3H3/t18?,19-/m0/s1. The number of ketones is 1. The van der Waals surface area contributed by atoms with Crippen molar-refractivity contribution in [3.8, 4) is 11.5 Å². The number of rotatable bonds is 5. The minimum absolute atomic E-state index is 0.114. The van der Waals surface area contributed by atoms with Gasteiger partial charge in [-0.15, -0.1) is 0 Å². The van der Waals surface area contributed by atoms with E-state index in [1.807, 2.05) is 30.3 Å². The number of ether oxygens (including phenoxy) is 2. The molecule has 1 aliphatic rings. The van der Waals surface area contributed by atoms with Crippen LogP contribution in [0.4, 0.5) is 0 Å². The third-order valence-electron chi connectivity index (χ3n) is 4.77. The number of hydrogen-bond donors (Lipinski definition) is 0. The Morgan fingerprint density at radius 1 is 1.04 bits per heavy atom. The molecule has 3 rings (SSSR count). The number of carbonyl (C=O) groups excluding carboxylic acids is 1. The van der Waals surface area contributed by atoms with E-state index in [0.717, 1.165) is 22.0 Å². The highest BCUT2D eigenvalue weighted by Gasteiger charge is 2.32. The summed E-state index contributed by atoms with van der Waals surface area (Å²) in [4.78, 5) is 12.2. The molecule has 4 heteroatoms. The molecule has 0 saturated heterocycles. The molecule has 2 aromatic rings. The van der Waals surface area contributed by atoms with Gasteiger partial charge in [0, 0.05) is 16.3 Å². The first-order valence-corrected chi connectivity index (χ1v) is 9.01. The van der Waals surface area contributed by atoms with E-state index in [1.165, 1.54) is 5.57 Å². The number of Topliss-reactive ketones (excluding diaryl/α,β-unsaturated/α-hetero) is 1. The summed E-state index contributed by atoms with van der Waals surface area (Å²) in [6.45, 7) is 1.67. The first kappa shape index (κ1) is 17.7. The van der Waals surface area contributed by atoms with E-state index in [4.69, 9.17) is 9.47 Å². The summed E-state index contributed by atoms with van der Waals surface area (Å²) in [5.74, 6) is 1.59. The molecule has 0 aliphatic heterocycles. The molecule has 3 nitrogen and oxygen atoms in total. The summed E-state index contributed by atoms with van der Waals surface area (Å²) in [6, 6.07) is 14.2. The van der Waals surface area contributed by atoms with Gasteiger partial charge in [-0.2, -0.15) is 0 Å². The fourth-order valence-electron chi connectivity index (χ4n) is 3.45. The van der Waals surface area contributed by atoms with E-state index in [2.05, 4.69) is 34.1 Å². The van der Waals surface area contributed by atoms with Gasteiger partial charge in [-0.1, -0.05) is 40.2 Å². The molecule has 2 atom stereocenters. The van der Waals surface area contributed by atoms with Gasteiger partial charge in [-0.25, -0.2) is 0 Å². The second-order valence-electron chi connectivity index (χ2n) is 6.26. The van der Waals surface area contributed by atoms with Crippen LogP contribution in [0.3, 0.4) is 0 Å². The van der Waals surface area contributed by atoms with Crippen LogP contribution in [0.2, 0.25) is 0 Å². The summed E-state index contributed by atoms with van der Waals surface area (Å²) < 4.78 is 11.8. The van der Waals surface area contributed by atoms with Crippen LogP contribution < -0.4 is 9.47 Å².